The number of piperidine rings is 1. The van der Waals surface area contributed by atoms with Gasteiger partial charge in [-0.15, -0.1) is 0 Å². The molecule has 1 saturated carbocycles. The molecule has 0 unspecified atom stereocenters. The van der Waals surface area contributed by atoms with E-state index in [1.807, 2.05) is 0 Å². The number of aryl methyl sites for hydroxylation is 1. The Labute approximate surface area is 120 Å². The molecule has 106 valence electrons. The maximum Gasteiger partial charge on any atom is 0.230 e. The third kappa shape index (κ3) is 1.80. The van der Waals surface area contributed by atoms with E-state index in [1.165, 1.54) is 16.8 Å². The summed E-state index contributed by atoms with van der Waals surface area (Å²) in [5.41, 5.74) is 3.89. The monoisotopic (exact) mass is 270 g/mol. The number of amides is 1. The van der Waals surface area contributed by atoms with Crippen molar-refractivity contribution in [1.29, 1.82) is 0 Å². The van der Waals surface area contributed by atoms with E-state index in [2.05, 4.69) is 42.0 Å². The van der Waals surface area contributed by atoms with Crippen molar-refractivity contribution < 1.29 is 4.79 Å². The summed E-state index contributed by atoms with van der Waals surface area (Å²) in [6.07, 6.45) is 3.29. The van der Waals surface area contributed by atoms with Gasteiger partial charge in [0.25, 0.3) is 0 Å². The Morgan fingerprint density at radius 1 is 1.25 bits per heavy atom. The number of hydrogen-bond acceptors (Lipinski definition) is 2. The molecule has 0 aromatic heterocycles. The van der Waals surface area contributed by atoms with Gasteiger partial charge in [0.1, 0.15) is 0 Å². The number of carbonyl (C=O) groups is 1. The van der Waals surface area contributed by atoms with Crippen LogP contribution in [0.2, 0.25) is 0 Å². The minimum absolute atomic E-state index is 0.308. The Morgan fingerprint density at radius 2 is 2.05 bits per heavy atom. The molecule has 1 saturated heterocycles. The zero-order valence-corrected chi connectivity index (χ0v) is 12.3. The average Bonchev–Trinajstić information content (AvgIpc) is 3.22. The maximum atomic E-state index is 12.7. The maximum absolute atomic E-state index is 12.7. The minimum atomic E-state index is 0.308. The van der Waals surface area contributed by atoms with E-state index < -0.39 is 0 Å². The predicted molar refractivity (Wildman–Crippen MR) is 80.0 cm³/mol. The summed E-state index contributed by atoms with van der Waals surface area (Å²) < 4.78 is 0. The second-order valence-corrected chi connectivity index (χ2v) is 6.77. The summed E-state index contributed by atoms with van der Waals surface area (Å²) in [5.74, 6) is 1.20. The second-order valence-electron chi connectivity index (χ2n) is 6.77. The molecule has 1 aliphatic carbocycles. The lowest BCUT2D eigenvalue weighted by molar-refractivity contribution is -0.120. The second kappa shape index (κ2) is 4.32. The van der Waals surface area contributed by atoms with E-state index in [9.17, 15) is 4.79 Å². The summed E-state index contributed by atoms with van der Waals surface area (Å²) in [5, 5.41) is 0. The van der Waals surface area contributed by atoms with Gasteiger partial charge in [-0.2, -0.15) is 0 Å². The van der Waals surface area contributed by atoms with Crippen molar-refractivity contribution in [2.45, 2.75) is 38.1 Å². The molecule has 1 amide bonds. The summed E-state index contributed by atoms with van der Waals surface area (Å²) in [7, 11) is 2.19. The number of likely N-dealkylation sites (tertiary alicyclic amines) is 1. The smallest absolute Gasteiger partial charge is 0.230 e. The highest BCUT2D eigenvalue weighted by Gasteiger charge is 2.47. The zero-order chi connectivity index (χ0) is 13.9. The van der Waals surface area contributed by atoms with Crippen LogP contribution < -0.4 is 4.90 Å². The van der Waals surface area contributed by atoms with Gasteiger partial charge in [-0.1, -0.05) is 17.7 Å². The molecule has 2 aliphatic heterocycles. The average molecular weight is 270 g/mol. The molecule has 2 heterocycles. The Bertz CT molecular complexity index is 564. The molecule has 0 bridgehead atoms. The van der Waals surface area contributed by atoms with Crippen LogP contribution >= 0.6 is 0 Å². The van der Waals surface area contributed by atoms with Gasteiger partial charge in [-0.05, 0) is 51.4 Å². The first-order valence-corrected chi connectivity index (χ1v) is 7.77. The summed E-state index contributed by atoms with van der Waals surface area (Å²) >= 11 is 0. The van der Waals surface area contributed by atoms with Gasteiger partial charge in [-0.3, -0.25) is 4.79 Å². The molecular formula is C17H22N2O. The standard InChI is InChI=1S/C17H22N2O/c1-11-3-6-15-13(9-11)14-10-18(2)8-7-16(14)19(15)17(20)12-4-5-12/h3,6,9,12,14,16H,4-5,7-8,10H2,1-2H3/t14-,16+/m0/s1. The van der Waals surface area contributed by atoms with Gasteiger partial charge in [0.15, 0.2) is 0 Å². The SMILES string of the molecule is Cc1ccc2c(c1)[C@@H]1CN(C)CC[C@H]1N2C(=O)C1CC1. The van der Waals surface area contributed by atoms with Crippen LogP contribution in [-0.2, 0) is 4.79 Å². The van der Waals surface area contributed by atoms with Gasteiger partial charge >= 0.3 is 0 Å². The molecule has 20 heavy (non-hydrogen) atoms. The Balaban J connectivity index is 1.78. The Hall–Kier alpha value is -1.35. The largest absolute Gasteiger partial charge is 0.308 e. The third-order valence-corrected chi connectivity index (χ3v) is 5.12. The topological polar surface area (TPSA) is 23.6 Å². The first-order chi connectivity index (χ1) is 9.65. The summed E-state index contributed by atoms with van der Waals surface area (Å²) in [6, 6.07) is 7.01. The van der Waals surface area contributed by atoms with Gasteiger partial charge in [-0.25, -0.2) is 0 Å². The van der Waals surface area contributed by atoms with Gasteiger partial charge in [0.2, 0.25) is 5.91 Å². The highest BCUT2D eigenvalue weighted by molar-refractivity contribution is 5.99. The number of nitrogens with zero attached hydrogens (tertiary/aromatic N) is 2. The van der Waals surface area contributed by atoms with Crippen LogP contribution in [0.15, 0.2) is 18.2 Å². The van der Waals surface area contributed by atoms with Crippen LogP contribution in [-0.4, -0.2) is 37.0 Å². The molecule has 1 aromatic rings. The number of hydrogen-bond donors (Lipinski definition) is 0. The summed E-state index contributed by atoms with van der Waals surface area (Å²) in [6.45, 7) is 4.32. The summed E-state index contributed by atoms with van der Waals surface area (Å²) in [4.78, 5) is 17.3. The van der Waals surface area contributed by atoms with Crippen molar-refractivity contribution in [3.05, 3.63) is 29.3 Å². The van der Waals surface area contributed by atoms with Crippen LogP contribution in [0.25, 0.3) is 0 Å². The van der Waals surface area contributed by atoms with Crippen molar-refractivity contribution in [3.8, 4) is 0 Å². The lowest BCUT2D eigenvalue weighted by Gasteiger charge is -2.36. The fourth-order valence-corrected chi connectivity index (χ4v) is 3.90. The molecule has 0 spiro atoms. The first-order valence-electron chi connectivity index (χ1n) is 7.77. The predicted octanol–water partition coefficient (Wildman–Crippen LogP) is 2.54. The number of anilines is 1. The van der Waals surface area contributed by atoms with E-state index in [0.717, 1.165) is 32.4 Å². The lowest BCUT2D eigenvalue weighted by atomic mass is 9.89. The highest BCUT2D eigenvalue weighted by Crippen LogP contribution is 2.47. The van der Waals surface area contributed by atoms with E-state index in [1.54, 1.807) is 0 Å². The first kappa shape index (κ1) is 12.4. The molecule has 4 rings (SSSR count). The van der Waals surface area contributed by atoms with Crippen LogP contribution in [0.4, 0.5) is 5.69 Å². The third-order valence-electron chi connectivity index (χ3n) is 5.12. The molecule has 3 heteroatoms. The fourth-order valence-electron chi connectivity index (χ4n) is 3.90. The Kier molecular flexibility index (Phi) is 2.68. The molecule has 3 nitrogen and oxygen atoms in total. The van der Waals surface area contributed by atoms with Crippen LogP contribution in [0.1, 0.15) is 36.3 Å². The molecule has 1 aromatic carbocycles. The number of rotatable bonds is 1. The minimum Gasteiger partial charge on any atom is -0.308 e. The number of likely N-dealkylation sites (N-methyl/N-ethyl adjacent to an activating group) is 1. The van der Waals surface area contributed by atoms with Crippen molar-refractivity contribution in [1.82, 2.24) is 4.90 Å². The van der Waals surface area contributed by atoms with Crippen molar-refractivity contribution >= 4 is 11.6 Å². The van der Waals surface area contributed by atoms with Gasteiger partial charge in [0, 0.05) is 30.1 Å². The van der Waals surface area contributed by atoms with Crippen LogP contribution in [0, 0.1) is 12.8 Å². The van der Waals surface area contributed by atoms with Crippen LogP contribution in [0.3, 0.4) is 0 Å². The zero-order valence-electron chi connectivity index (χ0n) is 12.3. The Morgan fingerprint density at radius 3 is 2.80 bits per heavy atom. The lowest BCUT2D eigenvalue weighted by Crippen LogP contribution is -2.47. The van der Waals surface area contributed by atoms with Crippen molar-refractivity contribution in [2.75, 3.05) is 25.0 Å². The number of carbonyl (C=O) groups excluding carboxylic acids is 1. The number of fused-ring (bicyclic) bond motifs is 3. The molecule has 3 aliphatic rings. The van der Waals surface area contributed by atoms with Crippen LogP contribution in [0.5, 0.6) is 0 Å². The van der Waals surface area contributed by atoms with E-state index in [4.69, 9.17) is 0 Å². The molecule has 0 N–H and O–H groups in total. The van der Waals surface area contributed by atoms with E-state index >= 15 is 0 Å². The molecule has 0 radical (unpaired) electrons. The molecular weight excluding hydrogens is 248 g/mol. The van der Waals surface area contributed by atoms with Crippen molar-refractivity contribution in [3.63, 3.8) is 0 Å². The normalized spacial score (nSPS) is 29.2. The quantitative estimate of drug-likeness (QED) is 0.783. The van der Waals surface area contributed by atoms with Crippen molar-refractivity contribution in [2.24, 2.45) is 5.92 Å². The van der Waals surface area contributed by atoms with Gasteiger partial charge < -0.3 is 9.80 Å². The van der Waals surface area contributed by atoms with E-state index in [0.29, 0.717) is 23.8 Å². The van der Waals surface area contributed by atoms with E-state index in [-0.39, 0.29) is 0 Å². The van der Waals surface area contributed by atoms with Gasteiger partial charge in [0.05, 0.1) is 0 Å². The number of benzene rings is 1. The molecule has 2 fully saturated rings. The fraction of sp³-hybridized carbons (Fsp3) is 0.588. The molecule has 2 atom stereocenters. The highest BCUT2D eigenvalue weighted by atomic mass is 16.2.